The smallest absolute Gasteiger partial charge is 0.364 e. The zero-order valence-electron chi connectivity index (χ0n) is 15.0. The van der Waals surface area contributed by atoms with Gasteiger partial charge < -0.3 is 14.7 Å². The topological polar surface area (TPSA) is 73.7 Å². The fraction of sp³-hybridized carbons (Fsp3) is 0.500. The van der Waals surface area contributed by atoms with Gasteiger partial charge in [0.2, 0.25) is 4.77 Å². The van der Waals surface area contributed by atoms with Crippen molar-refractivity contribution in [2.45, 2.75) is 44.1 Å². The molecule has 4 rings (SSSR count). The minimum absolute atomic E-state index is 0.233. The predicted molar refractivity (Wildman–Crippen MR) is 97.0 cm³/mol. The Hall–Kier alpha value is -2.10. The Bertz CT molecular complexity index is 924. The van der Waals surface area contributed by atoms with Crippen molar-refractivity contribution in [2.75, 3.05) is 13.7 Å². The summed E-state index contributed by atoms with van der Waals surface area (Å²) in [5.41, 5.74) is 0.412. The summed E-state index contributed by atoms with van der Waals surface area (Å²) >= 11 is 5.62. The van der Waals surface area contributed by atoms with E-state index in [4.69, 9.17) is 17.0 Å². The Kier molecular flexibility index (Phi) is 4.83. The van der Waals surface area contributed by atoms with Crippen molar-refractivity contribution >= 4 is 18.2 Å². The first-order chi connectivity index (χ1) is 13.0. The van der Waals surface area contributed by atoms with Crippen molar-refractivity contribution in [1.82, 2.24) is 14.3 Å². The largest absolute Gasteiger partial charge is 0.465 e. The van der Waals surface area contributed by atoms with Gasteiger partial charge in [-0.25, -0.2) is 9.18 Å². The van der Waals surface area contributed by atoms with Crippen LogP contribution < -0.4 is 4.90 Å². The summed E-state index contributed by atoms with van der Waals surface area (Å²) in [4.78, 5) is 12.9. The highest BCUT2D eigenvalue weighted by atomic mass is 32.1. The number of esters is 1. The van der Waals surface area contributed by atoms with Gasteiger partial charge in [-0.3, -0.25) is 4.57 Å². The number of quaternary nitrogens is 1. The third-order valence-corrected chi connectivity index (χ3v) is 5.64. The van der Waals surface area contributed by atoms with Crippen LogP contribution in [0, 0.1) is 10.6 Å². The minimum Gasteiger partial charge on any atom is -0.465 e. The van der Waals surface area contributed by atoms with E-state index in [9.17, 15) is 14.3 Å². The zero-order chi connectivity index (χ0) is 19.1. The van der Waals surface area contributed by atoms with E-state index in [0.717, 1.165) is 17.7 Å². The van der Waals surface area contributed by atoms with Gasteiger partial charge in [-0.15, -0.1) is 5.10 Å². The van der Waals surface area contributed by atoms with Crippen LogP contribution in [0.15, 0.2) is 24.3 Å². The molecule has 1 aromatic carbocycles. The molecule has 0 amide bonds. The summed E-state index contributed by atoms with van der Waals surface area (Å²) in [7, 11) is 1.34. The second-order valence-electron chi connectivity index (χ2n) is 7.17. The van der Waals surface area contributed by atoms with Crippen LogP contribution >= 0.6 is 12.2 Å². The van der Waals surface area contributed by atoms with E-state index >= 15 is 0 Å². The lowest BCUT2D eigenvalue weighted by Gasteiger charge is -2.18. The summed E-state index contributed by atoms with van der Waals surface area (Å²) in [6, 6.07) is 6.28. The number of carbonyl (C=O) groups excluding carboxylic acids is 1. The number of halogens is 1. The fourth-order valence-corrected chi connectivity index (χ4v) is 4.09. The van der Waals surface area contributed by atoms with Gasteiger partial charge in [-0.2, -0.15) is 4.68 Å². The molecule has 3 atom stereocenters. The molecule has 0 radical (unpaired) electrons. The summed E-state index contributed by atoms with van der Waals surface area (Å²) in [6.07, 6.45) is 1.75. The van der Waals surface area contributed by atoms with Gasteiger partial charge in [-0.05, 0) is 37.2 Å². The van der Waals surface area contributed by atoms with E-state index in [0.29, 0.717) is 35.8 Å². The summed E-state index contributed by atoms with van der Waals surface area (Å²) in [5.74, 6) is -0.193. The zero-order valence-corrected chi connectivity index (χ0v) is 15.8. The molecular formula is C18H22FN4O3S+. The number of hydrogen-bond acceptors (Lipinski definition) is 5. The lowest BCUT2D eigenvalue weighted by atomic mass is 10.2. The highest BCUT2D eigenvalue weighted by molar-refractivity contribution is 7.71. The second kappa shape index (κ2) is 7.14. The molecule has 1 unspecified atom stereocenters. The van der Waals surface area contributed by atoms with Crippen molar-refractivity contribution in [3.63, 3.8) is 0 Å². The molecule has 2 N–H and O–H groups in total. The van der Waals surface area contributed by atoms with Crippen molar-refractivity contribution in [1.29, 1.82) is 0 Å². The molecule has 0 bridgehead atoms. The van der Waals surface area contributed by atoms with Gasteiger partial charge in [0.1, 0.15) is 18.5 Å². The molecule has 144 valence electrons. The van der Waals surface area contributed by atoms with Crippen molar-refractivity contribution < 1.29 is 23.9 Å². The van der Waals surface area contributed by atoms with E-state index < -0.39 is 12.1 Å². The molecular weight excluding hydrogens is 371 g/mol. The van der Waals surface area contributed by atoms with E-state index in [2.05, 4.69) is 5.10 Å². The summed E-state index contributed by atoms with van der Waals surface area (Å²) in [5, 5.41) is 14.6. The van der Waals surface area contributed by atoms with Crippen LogP contribution in [0.1, 0.15) is 25.3 Å². The average molecular weight is 393 g/mol. The maximum atomic E-state index is 14.4. The number of methoxy groups -OCH3 is 1. The number of aliphatic hydroxyl groups is 1. The lowest BCUT2D eigenvalue weighted by molar-refractivity contribution is -0.928. The molecule has 2 aliphatic rings. The quantitative estimate of drug-likeness (QED) is 0.578. The Morgan fingerprint density at radius 3 is 2.85 bits per heavy atom. The fourth-order valence-electron chi connectivity index (χ4n) is 3.75. The van der Waals surface area contributed by atoms with Crippen molar-refractivity contribution in [2.24, 2.45) is 0 Å². The molecule has 0 spiro atoms. The highest BCUT2D eigenvalue weighted by Gasteiger charge is 2.41. The number of hydrogen-bond donors (Lipinski definition) is 2. The van der Waals surface area contributed by atoms with Crippen molar-refractivity contribution in [3.05, 3.63) is 34.9 Å². The molecule has 1 aliphatic heterocycles. The first kappa shape index (κ1) is 18.3. The SMILES string of the molecule is COC(=O)[C@@H]1C[C@H](O)C[NH+]1Cn1nc(-c2ccccc2F)n(C2CC2)c1=S. The molecule has 1 aromatic heterocycles. The Morgan fingerprint density at radius 1 is 1.44 bits per heavy atom. The maximum absolute atomic E-state index is 14.4. The van der Waals surface area contributed by atoms with Gasteiger partial charge in [0.05, 0.1) is 12.7 Å². The number of rotatable bonds is 5. The standard InChI is InChI=1S/C18H21FN4O3S/c1-26-17(25)15-8-12(24)9-21(15)10-22-18(27)23(11-6-7-11)16(20-22)13-4-2-3-5-14(13)19/h2-5,11-12,15,24H,6-10H2,1H3/p+1/t12-,15-/m0/s1. The molecule has 1 saturated carbocycles. The molecule has 9 heteroatoms. The van der Waals surface area contributed by atoms with Gasteiger partial charge in [0.15, 0.2) is 18.5 Å². The molecule has 2 heterocycles. The lowest BCUT2D eigenvalue weighted by Crippen LogP contribution is -3.14. The van der Waals surface area contributed by atoms with Crippen LogP contribution in [0.25, 0.3) is 11.4 Å². The Labute approximate surface area is 161 Å². The molecule has 2 aromatic rings. The summed E-state index contributed by atoms with van der Waals surface area (Å²) in [6.45, 7) is 0.726. The normalized spacial score (nSPS) is 24.9. The van der Waals surface area contributed by atoms with Crippen LogP contribution in [0.2, 0.25) is 0 Å². The van der Waals surface area contributed by atoms with E-state index in [-0.39, 0.29) is 17.8 Å². The third-order valence-electron chi connectivity index (χ3n) is 5.23. The van der Waals surface area contributed by atoms with Gasteiger partial charge in [-0.1, -0.05) is 12.1 Å². The van der Waals surface area contributed by atoms with Gasteiger partial charge in [0.25, 0.3) is 0 Å². The molecule has 2 fully saturated rings. The van der Waals surface area contributed by atoms with Crippen LogP contribution in [0.5, 0.6) is 0 Å². The average Bonchev–Trinajstić information content (AvgIpc) is 3.35. The van der Waals surface area contributed by atoms with Crippen LogP contribution in [-0.4, -0.2) is 51.2 Å². The Balaban J connectivity index is 1.70. The van der Waals surface area contributed by atoms with E-state index in [1.807, 2.05) is 4.57 Å². The maximum Gasteiger partial charge on any atom is 0.364 e. The molecule has 1 aliphatic carbocycles. The number of nitrogens with zero attached hydrogens (tertiary/aromatic N) is 3. The van der Waals surface area contributed by atoms with Gasteiger partial charge in [0, 0.05) is 12.5 Å². The summed E-state index contributed by atoms with van der Waals surface area (Å²) < 4.78 is 23.3. The number of benzene rings is 1. The number of aliphatic hydroxyl groups excluding tert-OH is 1. The van der Waals surface area contributed by atoms with Crippen molar-refractivity contribution in [3.8, 4) is 11.4 Å². The van der Waals surface area contributed by atoms with Crippen LogP contribution in [0.3, 0.4) is 0 Å². The third kappa shape index (κ3) is 3.42. The number of carbonyl (C=O) groups is 1. The van der Waals surface area contributed by atoms with Crippen LogP contribution in [0.4, 0.5) is 4.39 Å². The Morgan fingerprint density at radius 2 is 2.19 bits per heavy atom. The number of nitrogens with one attached hydrogen (secondary N) is 1. The molecule has 7 nitrogen and oxygen atoms in total. The monoisotopic (exact) mass is 393 g/mol. The molecule has 27 heavy (non-hydrogen) atoms. The first-order valence-corrected chi connectivity index (χ1v) is 9.45. The number of likely N-dealkylation sites (tertiary alicyclic amines) is 1. The molecule has 1 saturated heterocycles. The predicted octanol–water partition coefficient (Wildman–Crippen LogP) is 0.704. The second-order valence-corrected chi connectivity index (χ2v) is 7.54. The van der Waals surface area contributed by atoms with E-state index in [1.54, 1.807) is 22.9 Å². The number of ether oxygens (including phenoxy) is 1. The van der Waals surface area contributed by atoms with Crippen LogP contribution in [-0.2, 0) is 16.2 Å². The highest BCUT2D eigenvalue weighted by Crippen LogP contribution is 2.38. The minimum atomic E-state index is -0.574. The first-order valence-electron chi connectivity index (χ1n) is 9.04. The van der Waals surface area contributed by atoms with E-state index in [1.165, 1.54) is 13.2 Å². The number of aromatic nitrogens is 3. The van der Waals surface area contributed by atoms with Gasteiger partial charge >= 0.3 is 5.97 Å².